The van der Waals surface area contributed by atoms with Gasteiger partial charge in [-0.05, 0) is 59.5 Å². The van der Waals surface area contributed by atoms with Crippen molar-refractivity contribution in [2.24, 2.45) is 5.92 Å². The van der Waals surface area contributed by atoms with Crippen molar-refractivity contribution in [1.82, 2.24) is 4.90 Å². The first-order valence-electron chi connectivity index (χ1n) is 8.58. The Hall–Kier alpha value is -0.650. The SMILES string of the molecule is CC(C)(C)OC(=O)C1CCN(CC(O)CC2CCCO2)CC1. The average molecular weight is 313 g/mol. The molecule has 2 unspecified atom stereocenters. The zero-order valence-corrected chi connectivity index (χ0v) is 14.2. The number of carbonyl (C=O) groups is 1. The molecule has 0 saturated carbocycles. The van der Waals surface area contributed by atoms with Gasteiger partial charge in [0, 0.05) is 19.6 Å². The average Bonchev–Trinajstić information content (AvgIpc) is 2.90. The summed E-state index contributed by atoms with van der Waals surface area (Å²) in [7, 11) is 0. The van der Waals surface area contributed by atoms with Crippen LogP contribution in [0.25, 0.3) is 0 Å². The number of rotatable bonds is 5. The van der Waals surface area contributed by atoms with Gasteiger partial charge < -0.3 is 19.5 Å². The smallest absolute Gasteiger partial charge is 0.309 e. The van der Waals surface area contributed by atoms with Crippen LogP contribution in [-0.4, -0.2) is 60.0 Å². The Morgan fingerprint density at radius 3 is 2.55 bits per heavy atom. The highest BCUT2D eigenvalue weighted by atomic mass is 16.6. The number of β-amino-alcohol motifs (C(OH)–C–C–N with tert-alkyl or cyclic N) is 1. The second-order valence-electron chi connectivity index (χ2n) is 7.63. The van der Waals surface area contributed by atoms with Crippen LogP contribution in [0.1, 0.15) is 52.9 Å². The summed E-state index contributed by atoms with van der Waals surface area (Å²) in [5.41, 5.74) is -0.411. The first kappa shape index (κ1) is 17.7. The van der Waals surface area contributed by atoms with Crippen LogP contribution in [0.2, 0.25) is 0 Å². The highest BCUT2D eigenvalue weighted by Crippen LogP contribution is 2.23. The van der Waals surface area contributed by atoms with Crippen molar-refractivity contribution in [3.05, 3.63) is 0 Å². The molecule has 2 fully saturated rings. The molecule has 2 saturated heterocycles. The third-order valence-corrected chi connectivity index (χ3v) is 4.36. The maximum Gasteiger partial charge on any atom is 0.309 e. The lowest BCUT2D eigenvalue weighted by atomic mass is 9.96. The van der Waals surface area contributed by atoms with Crippen LogP contribution in [0.15, 0.2) is 0 Å². The second kappa shape index (κ2) is 7.75. The van der Waals surface area contributed by atoms with Crippen molar-refractivity contribution in [3.63, 3.8) is 0 Å². The second-order valence-corrected chi connectivity index (χ2v) is 7.63. The van der Waals surface area contributed by atoms with Gasteiger partial charge in [0.25, 0.3) is 0 Å². The van der Waals surface area contributed by atoms with Crippen molar-refractivity contribution in [1.29, 1.82) is 0 Å². The minimum atomic E-state index is -0.411. The molecule has 0 spiro atoms. The van der Waals surface area contributed by atoms with E-state index in [1.54, 1.807) is 0 Å². The molecule has 2 aliphatic heterocycles. The van der Waals surface area contributed by atoms with E-state index in [1.807, 2.05) is 20.8 Å². The molecule has 0 aliphatic carbocycles. The van der Waals surface area contributed by atoms with Crippen molar-refractivity contribution in [2.45, 2.75) is 70.7 Å². The monoisotopic (exact) mass is 313 g/mol. The summed E-state index contributed by atoms with van der Waals surface area (Å²) in [6, 6.07) is 0. The summed E-state index contributed by atoms with van der Waals surface area (Å²) >= 11 is 0. The molecule has 0 aromatic rings. The zero-order valence-electron chi connectivity index (χ0n) is 14.2. The molecule has 2 aliphatic rings. The Morgan fingerprint density at radius 2 is 2.00 bits per heavy atom. The van der Waals surface area contributed by atoms with Crippen LogP contribution in [0.5, 0.6) is 0 Å². The van der Waals surface area contributed by atoms with Gasteiger partial charge in [-0.2, -0.15) is 0 Å². The third-order valence-electron chi connectivity index (χ3n) is 4.36. The fraction of sp³-hybridized carbons (Fsp3) is 0.941. The van der Waals surface area contributed by atoms with Crippen LogP contribution in [0, 0.1) is 5.92 Å². The number of aliphatic hydroxyl groups is 1. The Morgan fingerprint density at radius 1 is 1.32 bits per heavy atom. The van der Waals surface area contributed by atoms with E-state index in [2.05, 4.69) is 4.90 Å². The van der Waals surface area contributed by atoms with E-state index in [0.717, 1.165) is 51.8 Å². The van der Waals surface area contributed by atoms with Crippen molar-refractivity contribution >= 4 is 5.97 Å². The number of ether oxygens (including phenoxy) is 2. The molecule has 5 heteroatoms. The molecular formula is C17H31NO4. The van der Waals surface area contributed by atoms with Gasteiger partial charge >= 0.3 is 5.97 Å². The first-order valence-corrected chi connectivity index (χ1v) is 8.58. The molecular weight excluding hydrogens is 282 g/mol. The van der Waals surface area contributed by atoms with Gasteiger partial charge in [0.1, 0.15) is 5.60 Å². The van der Waals surface area contributed by atoms with Gasteiger partial charge in [0.2, 0.25) is 0 Å². The fourth-order valence-corrected chi connectivity index (χ4v) is 3.24. The van der Waals surface area contributed by atoms with E-state index in [0.29, 0.717) is 6.54 Å². The van der Waals surface area contributed by atoms with Gasteiger partial charge in [0.15, 0.2) is 0 Å². The number of hydrogen-bond acceptors (Lipinski definition) is 5. The molecule has 2 rings (SSSR count). The molecule has 0 bridgehead atoms. The van der Waals surface area contributed by atoms with E-state index < -0.39 is 5.60 Å². The van der Waals surface area contributed by atoms with Crippen molar-refractivity contribution < 1.29 is 19.4 Å². The van der Waals surface area contributed by atoms with Crippen molar-refractivity contribution in [2.75, 3.05) is 26.2 Å². The lowest BCUT2D eigenvalue weighted by Gasteiger charge is -2.33. The first-order chi connectivity index (χ1) is 10.3. The van der Waals surface area contributed by atoms with E-state index in [9.17, 15) is 9.90 Å². The number of hydrogen-bond donors (Lipinski definition) is 1. The number of piperidine rings is 1. The largest absolute Gasteiger partial charge is 0.460 e. The lowest BCUT2D eigenvalue weighted by Crippen LogP contribution is -2.42. The quantitative estimate of drug-likeness (QED) is 0.786. The predicted octanol–water partition coefficient (Wildman–Crippen LogP) is 1.97. The van der Waals surface area contributed by atoms with E-state index in [4.69, 9.17) is 9.47 Å². The third kappa shape index (κ3) is 5.86. The van der Waals surface area contributed by atoms with Crippen LogP contribution in [0.4, 0.5) is 0 Å². The minimum Gasteiger partial charge on any atom is -0.460 e. The van der Waals surface area contributed by atoms with Crippen LogP contribution < -0.4 is 0 Å². The molecule has 5 nitrogen and oxygen atoms in total. The molecule has 0 radical (unpaired) electrons. The number of likely N-dealkylation sites (tertiary alicyclic amines) is 1. The number of nitrogens with zero attached hydrogens (tertiary/aromatic N) is 1. The molecule has 1 N–H and O–H groups in total. The van der Waals surface area contributed by atoms with Gasteiger partial charge in [-0.25, -0.2) is 0 Å². The van der Waals surface area contributed by atoms with Crippen molar-refractivity contribution in [3.8, 4) is 0 Å². The van der Waals surface area contributed by atoms with Crippen LogP contribution in [-0.2, 0) is 14.3 Å². The summed E-state index contributed by atoms with van der Waals surface area (Å²) in [4.78, 5) is 14.3. The topological polar surface area (TPSA) is 59.0 Å². The highest BCUT2D eigenvalue weighted by Gasteiger charge is 2.30. The van der Waals surface area contributed by atoms with Crippen LogP contribution >= 0.6 is 0 Å². The van der Waals surface area contributed by atoms with Crippen LogP contribution in [0.3, 0.4) is 0 Å². The summed E-state index contributed by atoms with van der Waals surface area (Å²) in [5, 5.41) is 10.2. The summed E-state index contributed by atoms with van der Waals surface area (Å²) in [5.74, 6) is -0.0714. The lowest BCUT2D eigenvalue weighted by molar-refractivity contribution is -0.161. The van der Waals surface area contributed by atoms with Gasteiger partial charge in [0.05, 0.1) is 18.1 Å². The Balaban J connectivity index is 1.67. The number of esters is 1. The summed E-state index contributed by atoms with van der Waals surface area (Å²) in [6.07, 6.45) is 4.45. The number of aliphatic hydroxyl groups excluding tert-OH is 1. The predicted molar refractivity (Wildman–Crippen MR) is 84.6 cm³/mol. The van der Waals surface area contributed by atoms with E-state index >= 15 is 0 Å². The molecule has 128 valence electrons. The number of carbonyl (C=O) groups excluding carboxylic acids is 1. The van der Waals surface area contributed by atoms with E-state index in [-0.39, 0.29) is 24.1 Å². The maximum atomic E-state index is 12.1. The Bertz CT molecular complexity index is 352. The molecule has 0 aromatic heterocycles. The normalized spacial score (nSPS) is 26.1. The molecule has 0 aromatic carbocycles. The molecule has 22 heavy (non-hydrogen) atoms. The van der Waals surface area contributed by atoms with E-state index in [1.165, 1.54) is 0 Å². The molecule has 2 atom stereocenters. The fourth-order valence-electron chi connectivity index (χ4n) is 3.24. The Labute approximate surface area is 134 Å². The van der Waals surface area contributed by atoms with Gasteiger partial charge in [-0.1, -0.05) is 0 Å². The highest BCUT2D eigenvalue weighted by molar-refractivity contribution is 5.73. The standard InChI is InChI=1S/C17H31NO4/c1-17(2,3)22-16(20)13-6-8-18(9-7-13)12-14(19)11-15-5-4-10-21-15/h13-15,19H,4-12H2,1-3H3. The minimum absolute atomic E-state index is 0.00535. The molecule has 2 heterocycles. The summed E-state index contributed by atoms with van der Waals surface area (Å²) < 4.78 is 11.0. The maximum absolute atomic E-state index is 12.1. The molecule has 0 amide bonds. The van der Waals surface area contributed by atoms with Gasteiger partial charge in [-0.15, -0.1) is 0 Å². The van der Waals surface area contributed by atoms with Gasteiger partial charge in [-0.3, -0.25) is 4.79 Å². The Kier molecular flexibility index (Phi) is 6.24. The summed E-state index contributed by atoms with van der Waals surface area (Å²) in [6.45, 7) is 8.93. The zero-order chi connectivity index (χ0) is 16.2.